The first-order chi connectivity index (χ1) is 9.15. The number of aromatic nitrogens is 2. The molecule has 0 saturated heterocycles. The number of carbonyl (C=O) groups excluding carboxylic acids is 1. The summed E-state index contributed by atoms with van der Waals surface area (Å²) in [6.45, 7) is 2.45. The van der Waals surface area contributed by atoms with Crippen LogP contribution in [0.25, 0.3) is 5.69 Å². The maximum Gasteiger partial charge on any atom is 0.357 e. The number of rotatable bonds is 5. The lowest BCUT2D eigenvalue weighted by molar-refractivity contribution is 0.0687. The molecule has 0 radical (unpaired) electrons. The second-order valence-electron chi connectivity index (χ2n) is 3.73. The van der Waals surface area contributed by atoms with Crippen molar-refractivity contribution in [2.45, 2.75) is 6.92 Å². The minimum absolute atomic E-state index is 0.0429. The van der Waals surface area contributed by atoms with Gasteiger partial charge >= 0.3 is 5.97 Å². The smallest absolute Gasteiger partial charge is 0.357 e. The summed E-state index contributed by atoms with van der Waals surface area (Å²) in [6.07, 6.45) is 1.85. The van der Waals surface area contributed by atoms with Crippen molar-refractivity contribution in [3.8, 4) is 11.4 Å². The Kier molecular flexibility index (Phi) is 3.61. The molecule has 1 aromatic heterocycles. The number of carbonyl (C=O) groups is 2. The van der Waals surface area contributed by atoms with Crippen LogP contribution in [0.1, 0.15) is 27.8 Å². The molecule has 2 rings (SSSR count). The van der Waals surface area contributed by atoms with Gasteiger partial charge in [0, 0.05) is 6.20 Å². The van der Waals surface area contributed by atoms with Crippen molar-refractivity contribution in [3.63, 3.8) is 0 Å². The largest absolute Gasteiger partial charge is 0.494 e. The minimum Gasteiger partial charge on any atom is -0.494 e. The Balaban J connectivity index is 2.36. The van der Waals surface area contributed by atoms with Crippen molar-refractivity contribution in [1.82, 2.24) is 9.78 Å². The number of hydrogen-bond acceptors (Lipinski definition) is 4. The van der Waals surface area contributed by atoms with Crippen LogP contribution in [0.15, 0.2) is 30.5 Å². The van der Waals surface area contributed by atoms with E-state index in [0.29, 0.717) is 24.3 Å². The van der Waals surface area contributed by atoms with E-state index in [-0.39, 0.29) is 11.3 Å². The number of hydrogen-bond donors (Lipinski definition) is 1. The van der Waals surface area contributed by atoms with Crippen LogP contribution in [-0.4, -0.2) is 33.7 Å². The summed E-state index contributed by atoms with van der Waals surface area (Å²) < 4.78 is 6.66. The normalized spacial score (nSPS) is 10.2. The third kappa shape index (κ3) is 2.62. The van der Waals surface area contributed by atoms with E-state index in [9.17, 15) is 9.59 Å². The van der Waals surface area contributed by atoms with E-state index in [4.69, 9.17) is 9.84 Å². The molecule has 0 amide bonds. The van der Waals surface area contributed by atoms with Gasteiger partial charge < -0.3 is 9.84 Å². The van der Waals surface area contributed by atoms with Crippen molar-refractivity contribution < 1.29 is 19.4 Å². The molecule has 0 aliphatic heterocycles. The second kappa shape index (κ2) is 5.34. The molecule has 6 nitrogen and oxygen atoms in total. The summed E-state index contributed by atoms with van der Waals surface area (Å²) in [6, 6.07) is 6.97. The van der Waals surface area contributed by atoms with E-state index in [1.807, 2.05) is 6.92 Å². The Morgan fingerprint density at radius 2 is 2.11 bits per heavy atom. The molecular formula is C13H12N2O4. The van der Waals surface area contributed by atoms with Crippen LogP contribution < -0.4 is 4.74 Å². The first kappa shape index (κ1) is 12.8. The number of carboxylic acid groups (broad SMARTS) is 1. The zero-order valence-electron chi connectivity index (χ0n) is 10.2. The standard InChI is InChI=1S/C13H12N2O4/c1-2-19-11-5-3-10(4-6-11)15-7-9(8-16)12(14-15)13(17)18/h3-8H,2H2,1H3,(H,17,18). The molecule has 0 unspecified atom stereocenters. The second-order valence-corrected chi connectivity index (χ2v) is 3.73. The number of aldehydes is 1. The van der Waals surface area contributed by atoms with Gasteiger partial charge in [-0.2, -0.15) is 5.10 Å². The van der Waals surface area contributed by atoms with Crippen LogP contribution in [0.4, 0.5) is 0 Å². The van der Waals surface area contributed by atoms with Crippen LogP contribution in [0.5, 0.6) is 5.75 Å². The fourth-order valence-corrected chi connectivity index (χ4v) is 1.63. The zero-order chi connectivity index (χ0) is 13.8. The molecule has 0 bridgehead atoms. The van der Waals surface area contributed by atoms with E-state index < -0.39 is 5.97 Å². The zero-order valence-corrected chi connectivity index (χ0v) is 10.2. The Hall–Kier alpha value is -2.63. The highest BCUT2D eigenvalue weighted by Gasteiger charge is 2.15. The number of ether oxygens (including phenoxy) is 1. The molecule has 0 fully saturated rings. The molecule has 1 N–H and O–H groups in total. The predicted molar refractivity (Wildman–Crippen MR) is 67.1 cm³/mol. The number of aromatic carboxylic acids is 1. The first-order valence-corrected chi connectivity index (χ1v) is 5.67. The molecular weight excluding hydrogens is 248 g/mol. The van der Waals surface area contributed by atoms with Gasteiger partial charge in [0.1, 0.15) is 5.75 Å². The molecule has 0 saturated carbocycles. The summed E-state index contributed by atoms with van der Waals surface area (Å²) in [5.74, 6) is -0.515. The van der Waals surface area contributed by atoms with Gasteiger partial charge in [-0.15, -0.1) is 0 Å². The Morgan fingerprint density at radius 3 is 2.58 bits per heavy atom. The van der Waals surface area contributed by atoms with Gasteiger partial charge in [0.05, 0.1) is 17.9 Å². The summed E-state index contributed by atoms with van der Waals surface area (Å²) in [5.41, 5.74) is 0.435. The van der Waals surface area contributed by atoms with Gasteiger partial charge in [0.2, 0.25) is 0 Å². The lowest BCUT2D eigenvalue weighted by Gasteiger charge is -2.04. The SMILES string of the molecule is CCOc1ccc(-n2cc(C=O)c(C(=O)O)n2)cc1. The van der Waals surface area contributed by atoms with Crippen molar-refractivity contribution in [3.05, 3.63) is 41.7 Å². The van der Waals surface area contributed by atoms with Crippen molar-refractivity contribution in [2.24, 2.45) is 0 Å². The third-order valence-corrected chi connectivity index (χ3v) is 2.48. The topological polar surface area (TPSA) is 81.4 Å². The molecule has 98 valence electrons. The highest BCUT2D eigenvalue weighted by atomic mass is 16.5. The maximum absolute atomic E-state index is 10.9. The fraction of sp³-hybridized carbons (Fsp3) is 0.154. The molecule has 6 heteroatoms. The molecule has 0 aliphatic rings. The van der Waals surface area contributed by atoms with Crippen LogP contribution in [0, 0.1) is 0 Å². The van der Waals surface area contributed by atoms with Gasteiger partial charge in [0.25, 0.3) is 0 Å². The molecule has 0 atom stereocenters. The van der Waals surface area contributed by atoms with Crippen LogP contribution in [0.2, 0.25) is 0 Å². The summed E-state index contributed by atoms with van der Waals surface area (Å²) in [5, 5.41) is 12.8. The summed E-state index contributed by atoms with van der Waals surface area (Å²) >= 11 is 0. The van der Waals surface area contributed by atoms with Crippen molar-refractivity contribution in [2.75, 3.05) is 6.61 Å². The van der Waals surface area contributed by atoms with Gasteiger partial charge in [-0.25, -0.2) is 9.48 Å². The average Bonchev–Trinajstić information content (AvgIpc) is 2.84. The molecule has 1 aromatic carbocycles. The number of nitrogens with zero attached hydrogens (tertiary/aromatic N) is 2. The fourth-order valence-electron chi connectivity index (χ4n) is 1.63. The lowest BCUT2D eigenvalue weighted by Crippen LogP contribution is -2.02. The Morgan fingerprint density at radius 1 is 1.42 bits per heavy atom. The molecule has 2 aromatic rings. The molecule has 0 spiro atoms. The summed E-state index contributed by atoms with van der Waals surface area (Å²) in [7, 11) is 0. The predicted octanol–water partition coefficient (Wildman–Crippen LogP) is 1.78. The number of benzene rings is 1. The quantitative estimate of drug-likeness (QED) is 0.829. The number of carboxylic acids is 1. The first-order valence-electron chi connectivity index (χ1n) is 5.67. The van der Waals surface area contributed by atoms with E-state index in [2.05, 4.69) is 5.10 Å². The van der Waals surface area contributed by atoms with E-state index in [0.717, 1.165) is 0 Å². The van der Waals surface area contributed by atoms with Crippen LogP contribution in [0.3, 0.4) is 0 Å². The van der Waals surface area contributed by atoms with Crippen LogP contribution >= 0.6 is 0 Å². The third-order valence-electron chi connectivity index (χ3n) is 2.48. The van der Waals surface area contributed by atoms with Gasteiger partial charge in [-0.1, -0.05) is 0 Å². The van der Waals surface area contributed by atoms with Gasteiger partial charge in [0.15, 0.2) is 12.0 Å². The van der Waals surface area contributed by atoms with E-state index >= 15 is 0 Å². The van der Waals surface area contributed by atoms with Crippen molar-refractivity contribution >= 4 is 12.3 Å². The van der Waals surface area contributed by atoms with Gasteiger partial charge in [-0.05, 0) is 31.2 Å². The lowest BCUT2D eigenvalue weighted by atomic mass is 10.3. The van der Waals surface area contributed by atoms with E-state index in [1.54, 1.807) is 24.3 Å². The monoisotopic (exact) mass is 260 g/mol. The highest BCUT2D eigenvalue weighted by Crippen LogP contribution is 2.16. The maximum atomic E-state index is 10.9. The van der Waals surface area contributed by atoms with Crippen molar-refractivity contribution in [1.29, 1.82) is 0 Å². The Bertz CT molecular complexity index is 602. The van der Waals surface area contributed by atoms with E-state index in [1.165, 1.54) is 10.9 Å². The molecule has 19 heavy (non-hydrogen) atoms. The average molecular weight is 260 g/mol. The summed E-state index contributed by atoms with van der Waals surface area (Å²) in [4.78, 5) is 21.7. The Labute approximate surface area is 109 Å². The highest BCUT2D eigenvalue weighted by molar-refractivity contribution is 5.95. The molecule has 0 aliphatic carbocycles. The molecule has 1 heterocycles. The minimum atomic E-state index is -1.23. The van der Waals surface area contributed by atoms with Crippen LogP contribution in [-0.2, 0) is 0 Å². The van der Waals surface area contributed by atoms with Gasteiger partial charge in [-0.3, -0.25) is 4.79 Å².